The molecule has 4 nitrogen and oxygen atoms in total. The van der Waals surface area contributed by atoms with Crippen LogP contribution in [-0.4, -0.2) is 40.1 Å². The van der Waals surface area contributed by atoms with Crippen LogP contribution in [0.25, 0.3) is 0 Å². The van der Waals surface area contributed by atoms with Crippen LogP contribution in [0.4, 0.5) is 0 Å². The Bertz CT molecular complexity index is 347. The van der Waals surface area contributed by atoms with Gasteiger partial charge in [0.15, 0.2) is 0 Å². The van der Waals surface area contributed by atoms with E-state index in [1.807, 2.05) is 12.4 Å². The highest BCUT2D eigenvalue weighted by Crippen LogP contribution is 2.18. The highest BCUT2D eigenvalue weighted by atomic mass is 15.2. The first-order valence-corrected chi connectivity index (χ1v) is 6.62. The summed E-state index contributed by atoms with van der Waals surface area (Å²) in [5, 5.41) is 3.58. The maximum atomic E-state index is 4.40. The molecule has 0 saturated carbocycles. The van der Waals surface area contributed by atoms with Crippen molar-refractivity contribution in [2.75, 3.05) is 19.6 Å². The van der Waals surface area contributed by atoms with Gasteiger partial charge in [0.1, 0.15) is 5.82 Å². The van der Waals surface area contributed by atoms with E-state index in [-0.39, 0.29) is 0 Å². The molecule has 1 aromatic heterocycles. The zero-order chi connectivity index (χ0) is 12.3. The van der Waals surface area contributed by atoms with Gasteiger partial charge in [-0.2, -0.15) is 0 Å². The van der Waals surface area contributed by atoms with Crippen molar-refractivity contribution in [1.29, 1.82) is 0 Å². The van der Waals surface area contributed by atoms with E-state index < -0.39 is 0 Å². The van der Waals surface area contributed by atoms with Gasteiger partial charge in [-0.1, -0.05) is 13.8 Å². The predicted octanol–water partition coefficient (Wildman–Crippen LogP) is 1.24. The number of hydrogen-bond acceptors (Lipinski definition) is 3. The number of likely N-dealkylation sites (tertiary alicyclic amines) is 1. The van der Waals surface area contributed by atoms with Crippen LogP contribution in [0.5, 0.6) is 0 Å². The predicted molar refractivity (Wildman–Crippen MR) is 69.7 cm³/mol. The first-order valence-electron chi connectivity index (χ1n) is 6.62. The van der Waals surface area contributed by atoms with Gasteiger partial charge >= 0.3 is 0 Å². The first kappa shape index (κ1) is 12.6. The van der Waals surface area contributed by atoms with Crippen molar-refractivity contribution in [2.45, 2.75) is 32.9 Å². The Labute approximate surface area is 104 Å². The molecule has 2 atom stereocenters. The average Bonchev–Trinajstić information content (AvgIpc) is 2.69. The van der Waals surface area contributed by atoms with E-state index in [2.05, 4.69) is 40.7 Å². The molecular weight excluding hydrogens is 212 g/mol. The first-order chi connectivity index (χ1) is 8.20. The molecule has 0 spiro atoms. The summed E-state index contributed by atoms with van der Waals surface area (Å²) < 4.78 is 2.11. The fraction of sp³-hybridized carbons (Fsp3) is 0.769. The molecule has 1 N–H and O–H groups in total. The molecule has 1 saturated heterocycles. The Kier molecular flexibility index (Phi) is 4.18. The second-order valence-electron chi connectivity index (χ2n) is 5.12. The molecule has 17 heavy (non-hydrogen) atoms. The molecule has 0 bridgehead atoms. The van der Waals surface area contributed by atoms with Crippen LogP contribution in [-0.2, 0) is 13.6 Å². The molecule has 96 valence electrons. The monoisotopic (exact) mass is 236 g/mol. The second-order valence-corrected chi connectivity index (χ2v) is 5.12. The lowest BCUT2D eigenvalue weighted by Gasteiger charge is -2.37. The third-order valence-electron chi connectivity index (χ3n) is 3.74. The largest absolute Gasteiger partial charge is 0.337 e. The summed E-state index contributed by atoms with van der Waals surface area (Å²) in [4.78, 5) is 6.91. The van der Waals surface area contributed by atoms with E-state index in [0.717, 1.165) is 19.0 Å². The van der Waals surface area contributed by atoms with Crippen molar-refractivity contribution in [3.05, 3.63) is 18.2 Å². The van der Waals surface area contributed by atoms with Gasteiger partial charge in [-0.25, -0.2) is 4.98 Å². The van der Waals surface area contributed by atoms with Crippen molar-refractivity contribution >= 4 is 0 Å². The number of hydrogen-bond donors (Lipinski definition) is 1. The number of aromatic nitrogens is 2. The lowest BCUT2D eigenvalue weighted by Crippen LogP contribution is -2.48. The molecule has 1 fully saturated rings. The molecule has 0 radical (unpaired) electrons. The van der Waals surface area contributed by atoms with Crippen LogP contribution < -0.4 is 5.32 Å². The Morgan fingerprint density at radius 1 is 1.53 bits per heavy atom. The number of imidazole rings is 1. The van der Waals surface area contributed by atoms with Crippen LogP contribution in [0.15, 0.2) is 12.4 Å². The number of aryl methyl sites for hydroxylation is 1. The minimum Gasteiger partial charge on any atom is -0.337 e. The van der Waals surface area contributed by atoms with Gasteiger partial charge in [-0.05, 0) is 18.9 Å². The van der Waals surface area contributed by atoms with Gasteiger partial charge in [0.05, 0.1) is 6.54 Å². The number of nitrogens with one attached hydrogen (secondary N) is 1. The summed E-state index contributed by atoms with van der Waals surface area (Å²) in [5.74, 6) is 1.89. The molecule has 1 aliphatic rings. The smallest absolute Gasteiger partial charge is 0.122 e. The van der Waals surface area contributed by atoms with Crippen LogP contribution in [0.1, 0.15) is 26.1 Å². The summed E-state index contributed by atoms with van der Waals surface area (Å²) in [5.41, 5.74) is 0. The fourth-order valence-electron chi connectivity index (χ4n) is 2.69. The Hall–Kier alpha value is -0.870. The number of nitrogens with zero attached hydrogens (tertiary/aromatic N) is 3. The number of piperidine rings is 1. The SMILES string of the molecule is CCNC1CCN(Cc2nccn2C)CC1C. The topological polar surface area (TPSA) is 33.1 Å². The quantitative estimate of drug-likeness (QED) is 0.854. The van der Waals surface area contributed by atoms with E-state index in [1.54, 1.807) is 0 Å². The van der Waals surface area contributed by atoms with Gasteiger partial charge in [-0.3, -0.25) is 4.90 Å². The third-order valence-corrected chi connectivity index (χ3v) is 3.74. The summed E-state index contributed by atoms with van der Waals surface area (Å²) in [6.07, 6.45) is 5.15. The van der Waals surface area contributed by atoms with Gasteiger partial charge in [0, 0.05) is 38.6 Å². The van der Waals surface area contributed by atoms with Crippen molar-refractivity contribution in [3.8, 4) is 0 Å². The van der Waals surface area contributed by atoms with E-state index in [9.17, 15) is 0 Å². The summed E-state index contributed by atoms with van der Waals surface area (Å²) in [6, 6.07) is 0.692. The molecule has 2 unspecified atom stereocenters. The minimum atomic E-state index is 0.692. The zero-order valence-corrected chi connectivity index (χ0v) is 11.2. The molecular formula is C13H24N4. The van der Waals surface area contributed by atoms with Crippen molar-refractivity contribution in [3.63, 3.8) is 0 Å². The lowest BCUT2D eigenvalue weighted by atomic mass is 9.94. The lowest BCUT2D eigenvalue weighted by molar-refractivity contribution is 0.138. The van der Waals surface area contributed by atoms with Gasteiger partial charge in [-0.15, -0.1) is 0 Å². The Morgan fingerprint density at radius 3 is 2.94 bits per heavy atom. The molecule has 0 aliphatic carbocycles. The zero-order valence-electron chi connectivity index (χ0n) is 11.2. The minimum absolute atomic E-state index is 0.692. The standard InChI is InChI=1S/C13H24N4/c1-4-14-12-5-7-17(9-11(12)2)10-13-15-6-8-16(13)3/h6,8,11-12,14H,4-5,7,9-10H2,1-3H3. The van der Waals surface area contributed by atoms with Crippen LogP contribution in [0.3, 0.4) is 0 Å². The second kappa shape index (κ2) is 5.65. The summed E-state index contributed by atoms with van der Waals surface area (Å²) in [6.45, 7) is 8.94. The Balaban J connectivity index is 1.87. The van der Waals surface area contributed by atoms with Crippen molar-refractivity contribution in [1.82, 2.24) is 19.8 Å². The maximum Gasteiger partial charge on any atom is 0.122 e. The normalized spacial score (nSPS) is 26.3. The molecule has 1 aliphatic heterocycles. The van der Waals surface area contributed by atoms with E-state index in [0.29, 0.717) is 6.04 Å². The molecule has 2 rings (SSSR count). The van der Waals surface area contributed by atoms with E-state index in [4.69, 9.17) is 0 Å². The highest BCUT2D eigenvalue weighted by Gasteiger charge is 2.25. The molecule has 1 aromatic rings. The highest BCUT2D eigenvalue weighted by molar-refractivity contribution is 4.93. The molecule has 2 heterocycles. The van der Waals surface area contributed by atoms with Crippen molar-refractivity contribution in [2.24, 2.45) is 13.0 Å². The van der Waals surface area contributed by atoms with Gasteiger partial charge in [0.25, 0.3) is 0 Å². The molecule has 0 amide bonds. The average molecular weight is 236 g/mol. The van der Waals surface area contributed by atoms with Crippen molar-refractivity contribution < 1.29 is 0 Å². The van der Waals surface area contributed by atoms with E-state index in [1.165, 1.54) is 25.3 Å². The summed E-state index contributed by atoms with van der Waals surface area (Å²) in [7, 11) is 2.07. The van der Waals surface area contributed by atoms with Crippen LogP contribution >= 0.6 is 0 Å². The van der Waals surface area contributed by atoms with E-state index >= 15 is 0 Å². The van der Waals surface area contributed by atoms with Crippen LogP contribution in [0, 0.1) is 5.92 Å². The molecule has 4 heteroatoms. The summed E-state index contributed by atoms with van der Waals surface area (Å²) >= 11 is 0. The molecule has 0 aromatic carbocycles. The third kappa shape index (κ3) is 3.07. The Morgan fingerprint density at radius 2 is 2.35 bits per heavy atom. The van der Waals surface area contributed by atoms with Gasteiger partial charge < -0.3 is 9.88 Å². The van der Waals surface area contributed by atoms with Gasteiger partial charge in [0.2, 0.25) is 0 Å². The number of rotatable bonds is 4. The fourth-order valence-corrected chi connectivity index (χ4v) is 2.69. The van der Waals surface area contributed by atoms with Crippen LogP contribution in [0.2, 0.25) is 0 Å². The maximum absolute atomic E-state index is 4.40.